The Morgan fingerprint density at radius 1 is 0.895 bits per heavy atom. The minimum Gasteiger partial charge on any atom is -0.324 e. The fraction of sp³-hybridized carbons (Fsp3) is 0.250. The van der Waals surface area contributed by atoms with Crippen molar-refractivity contribution in [3.8, 4) is 0 Å². The SMILES string of the molecule is NC1(Cc2c(Cl)cccc2Cl)Cc2ccccc2C1. The van der Waals surface area contributed by atoms with Crippen LogP contribution < -0.4 is 5.73 Å². The van der Waals surface area contributed by atoms with Gasteiger partial charge in [-0.1, -0.05) is 53.5 Å². The van der Waals surface area contributed by atoms with Crippen LogP contribution in [0.5, 0.6) is 0 Å². The Bertz CT molecular complexity index is 577. The van der Waals surface area contributed by atoms with Gasteiger partial charge in [-0.2, -0.15) is 0 Å². The molecule has 0 aliphatic heterocycles. The summed E-state index contributed by atoms with van der Waals surface area (Å²) in [6.07, 6.45) is 2.47. The van der Waals surface area contributed by atoms with E-state index in [1.807, 2.05) is 18.2 Å². The van der Waals surface area contributed by atoms with Crippen LogP contribution in [0.3, 0.4) is 0 Å². The molecule has 0 unspecified atom stereocenters. The van der Waals surface area contributed by atoms with Crippen molar-refractivity contribution in [1.82, 2.24) is 0 Å². The molecule has 2 aromatic rings. The Morgan fingerprint density at radius 2 is 1.42 bits per heavy atom. The normalized spacial score (nSPS) is 16.4. The molecule has 3 heteroatoms. The molecule has 2 aromatic carbocycles. The lowest BCUT2D eigenvalue weighted by atomic mass is 9.89. The predicted molar refractivity (Wildman–Crippen MR) is 80.9 cm³/mol. The van der Waals surface area contributed by atoms with Crippen molar-refractivity contribution in [3.05, 3.63) is 69.2 Å². The molecule has 0 amide bonds. The summed E-state index contributed by atoms with van der Waals surface area (Å²) in [5.41, 5.74) is 9.92. The van der Waals surface area contributed by atoms with E-state index in [1.165, 1.54) is 11.1 Å². The van der Waals surface area contributed by atoms with E-state index in [-0.39, 0.29) is 5.54 Å². The highest BCUT2D eigenvalue weighted by atomic mass is 35.5. The van der Waals surface area contributed by atoms with Crippen molar-refractivity contribution >= 4 is 23.2 Å². The van der Waals surface area contributed by atoms with Crippen LogP contribution in [0.2, 0.25) is 10.0 Å². The van der Waals surface area contributed by atoms with Crippen LogP contribution in [-0.2, 0) is 19.3 Å². The number of nitrogens with two attached hydrogens (primary N) is 1. The number of rotatable bonds is 2. The number of benzene rings is 2. The Labute approximate surface area is 123 Å². The van der Waals surface area contributed by atoms with Gasteiger partial charge in [0.25, 0.3) is 0 Å². The molecule has 1 aliphatic carbocycles. The van der Waals surface area contributed by atoms with Gasteiger partial charge >= 0.3 is 0 Å². The molecule has 0 bridgehead atoms. The molecule has 0 spiro atoms. The first-order chi connectivity index (χ1) is 9.07. The highest BCUT2D eigenvalue weighted by Crippen LogP contribution is 2.34. The maximum atomic E-state index is 6.56. The van der Waals surface area contributed by atoms with E-state index in [4.69, 9.17) is 28.9 Å². The minimum atomic E-state index is -0.279. The van der Waals surface area contributed by atoms with Gasteiger partial charge in [0, 0.05) is 15.6 Å². The van der Waals surface area contributed by atoms with Gasteiger partial charge in [0.15, 0.2) is 0 Å². The van der Waals surface area contributed by atoms with Crippen molar-refractivity contribution < 1.29 is 0 Å². The van der Waals surface area contributed by atoms with Crippen LogP contribution in [-0.4, -0.2) is 5.54 Å². The van der Waals surface area contributed by atoms with Gasteiger partial charge in [-0.05, 0) is 48.1 Å². The molecule has 0 saturated heterocycles. The van der Waals surface area contributed by atoms with Crippen LogP contribution in [0, 0.1) is 0 Å². The number of fused-ring (bicyclic) bond motifs is 1. The fourth-order valence-corrected chi connectivity index (χ4v) is 3.43. The van der Waals surface area contributed by atoms with E-state index in [1.54, 1.807) is 0 Å². The molecule has 0 aromatic heterocycles. The van der Waals surface area contributed by atoms with Crippen LogP contribution in [0.25, 0.3) is 0 Å². The van der Waals surface area contributed by atoms with Crippen molar-refractivity contribution in [3.63, 3.8) is 0 Å². The molecule has 1 nitrogen and oxygen atoms in total. The van der Waals surface area contributed by atoms with Gasteiger partial charge in [-0.15, -0.1) is 0 Å². The first-order valence-corrected chi connectivity index (χ1v) is 7.12. The molecular formula is C16H15Cl2N. The molecule has 0 fully saturated rings. The maximum Gasteiger partial charge on any atom is 0.0453 e. The zero-order valence-corrected chi connectivity index (χ0v) is 12.0. The summed E-state index contributed by atoms with van der Waals surface area (Å²) in [7, 11) is 0. The Hall–Kier alpha value is -1.02. The second-order valence-corrected chi connectivity index (χ2v) is 6.18. The van der Waals surface area contributed by atoms with E-state index < -0.39 is 0 Å². The highest BCUT2D eigenvalue weighted by Gasteiger charge is 2.34. The molecular weight excluding hydrogens is 277 g/mol. The van der Waals surface area contributed by atoms with E-state index in [9.17, 15) is 0 Å². The van der Waals surface area contributed by atoms with E-state index in [0.717, 1.165) is 18.4 Å². The van der Waals surface area contributed by atoms with Gasteiger partial charge < -0.3 is 5.73 Å². The summed E-state index contributed by atoms with van der Waals surface area (Å²) < 4.78 is 0. The number of hydrogen-bond donors (Lipinski definition) is 1. The van der Waals surface area contributed by atoms with Gasteiger partial charge in [-0.3, -0.25) is 0 Å². The summed E-state index contributed by atoms with van der Waals surface area (Å²) in [4.78, 5) is 0. The molecule has 0 saturated carbocycles. The lowest BCUT2D eigenvalue weighted by Gasteiger charge is -2.25. The third kappa shape index (κ3) is 2.51. The van der Waals surface area contributed by atoms with Gasteiger partial charge in [0.2, 0.25) is 0 Å². The predicted octanol–water partition coefficient (Wildman–Crippen LogP) is 4.03. The highest BCUT2D eigenvalue weighted by molar-refractivity contribution is 6.36. The van der Waals surface area contributed by atoms with Crippen LogP contribution in [0.15, 0.2) is 42.5 Å². The lowest BCUT2D eigenvalue weighted by molar-refractivity contribution is 0.446. The van der Waals surface area contributed by atoms with Gasteiger partial charge in [-0.25, -0.2) is 0 Å². The largest absolute Gasteiger partial charge is 0.324 e. The monoisotopic (exact) mass is 291 g/mol. The zero-order chi connectivity index (χ0) is 13.5. The van der Waals surface area contributed by atoms with Crippen molar-refractivity contribution in [2.45, 2.75) is 24.8 Å². The summed E-state index contributed by atoms with van der Waals surface area (Å²) in [5, 5.41) is 1.40. The van der Waals surface area contributed by atoms with Crippen molar-refractivity contribution in [2.24, 2.45) is 5.73 Å². The minimum absolute atomic E-state index is 0.279. The number of hydrogen-bond acceptors (Lipinski definition) is 1. The quantitative estimate of drug-likeness (QED) is 0.888. The van der Waals surface area contributed by atoms with Crippen LogP contribution >= 0.6 is 23.2 Å². The first-order valence-electron chi connectivity index (χ1n) is 6.36. The summed E-state index contributed by atoms with van der Waals surface area (Å²) in [5.74, 6) is 0. The van der Waals surface area contributed by atoms with Crippen molar-refractivity contribution in [1.29, 1.82) is 0 Å². The molecule has 0 heterocycles. The van der Waals surface area contributed by atoms with E-state index >= 15 is 0 Å². The average Bonchev–Trinajstić information content (AvgIpc) is 2.70. The van der Waals surface area contributed by atoms with Crippen molar-refractivity contribution in [2.75, 3.05) is 0 Å². The molecule has 3 rings (SSSR count). The zero-order valence-electron chi connectivity index (χ0n) is 10.5. The first kappa shape index (κ1) is 13.0. The number of halogens is 2. The molecule has 0 atom stereocenters. The fourth-order valence-electron chi connectivity index (χ4n) is 2.90. The Kier molecular flexibility index (Phi) is 3.30. The van der Waals surface area contributed by atoms with E-state index in [0.29, 0.717) is 16.5 Å². The standard InChI is InChI=1S/C16H15Cl2N/c17-14-6-3-7-15(18)13(14)10-16(19)8-11-4-1-2-5-12(11)9-16/h1-7H,8-10,19H2. The maximum absolute atomic E-state index is 6.56. The van der Waals surface area contributed by atoms with Gasteiger partial charge in [0.05, 0.1) is 0 Å². The molecule has 2 N–H and O–H groups in total. The average molecular weight is 292 g/mol. The third-order valence-corrected chi connectivity index (χ3v) is 4.50. The Morgan fingerprint density at radius 3 is 1.95 bits per heavy atom. The van der Waals surface area contributed by atoms with Crippen LogP contribution in [0.1, 0.15) is 16.7 Å². The second-order valence-electron chi connectivity index (χ2n) is 5.36. The Balaban J connectivity index is 1.89. The molecule has 1 aliphatic rings. The molecule has 19 heavy (non-hydrogen) atoms. The second kappa shape index (κ2) is 4.82. The summed E-state index contributed by atoms with van der Waals surface area (Å²) in [6, 6.07) is 14.0. The molecule has 98 valence electrons. The summed E-state index contributed by atoms with van der Waals surface area (Å²) in [6.45, 7) is 0. The van der Waals surface area contributed by atoms with Crippen LogP contribution in [0.4, 0.5) is 0 Å². The van der Waals surface area contributed by atoms with Gasteiger partial charge in [0.1, 0.15) is 0 Å². The summed E-state index contributed by atoms with van der Waals surface area (Å²) >= 11 is 12.5. The smallest absolute Gasteiger partial charge is 0.0453 e. The molecule has 0 radical (unpaired) electrons. The third-order valence-electron chi connectivity index (χ3n) is 3.79. The van der Waals surface area contributed by atoms with E-state index in [2.05, 4.69) is 24.3 Å². The lowest BCUT2D eigenvalue weighted by Crippen LogP contribution is -2.43. The topological polar surface area (TPSA) is 26.0 Å².